The van der Waals surface area contributed by atoms with Crippen molar-refractivity contribution in [3.8, 4) is 0 Å². The van der Waals surface area contributed by atoms with E-state index < -0.39 is 0 Å². The second-order valence-electron chi connectivity index (χ2n) is 6.10. The highest BCUT2D eigenvalue weighted by Gasteiger charge is 2.23. The minimum Gasteiger partial charge on any atom is -0.352 e. The summed E-state index contributed by atoms with van der Waals surface area (Å²) in [5.41, 5.74) is 8.20. The Balaban J connectivity index is 1.99. The topological polar surface area (TPSA) is 42.2 Å². The van der Waals surface area contributed by atoms with Gasteiger partial charge in [-0.3, -0.25) is 0 Å². The van der Waals surface area contributed by atoms with E-state index in [0.717, 1.165) is 17.9 Å². The van der Waals surface area contributed by atoms with Crippen LogP contribution in [0.1, 0.15) is 37.7 Å². The second-order valence-corrected chi connectivity index (χ2v) is 6.10. The van der Waals surface area contributed by atoms with Crippen molar-refractivity contribution in [3.05, 3.63) is 35.9 Å². The molecule has 2 N–H and O–H groups in total. The van der Waals surface area contributed by atoms with Crippen LogP contribution < -0.4 is 10.6 Å². The average molecular weight is 283 g/mol. The number of pyridine rings is 1. The van der Waals surface area contributed by atoms with E-state index in [4.69, 9.17) is 10.7 Å². The van der Waals surface area contributed by atoms with Gasteiger partial charge in [0.25, 0.3) is 0 Å². The van der Waals surface area contributed by atoms with E-state index in [1.165, 1.54) is 43.1 Å². The molecule has 1 aliphatic carbocycles. The number of hydrogen-bond donors (Lipinski definition) is 1. The third kappa shape index (κ3) is 3.03. The molecular weight excluding hydrogens is 258 g/mol. The van der Waals surface area contributed by atoms with E-state index in [-0.39, 0.29) is 0 Å². The van der Waals surface area contributed by atoms with E-state index in [1.54, 1.807) is 0 Å². The van der Waals surface area contributed by atoms with Gasteiger partial charge in [-0.25, -0.2) is 4.98 Å². The van der Waals surface area contributed by atoms with Crippen molar-refractivity contribution in [3.63, 3.8) is 0 Å². The molecular formula is C18H25N3. The molecule has 0 unspecified atom stereocenters. The molecule has 3 nitrogen and oxygen atoms in total. The number of rotatable bonds is 4. The quantitative estimate of drug-likeness (QED) is 0.931. The molecule has 0 radical (unpaired) electrons. The molecule has 0 bridgehead atoms. The molecule has 1 heterocycles. The molecule has 0 aliphatic heterocycles. The van der Waals surface area contributed by atoms with Gasteiger partial charge in [0, 0.05) is 24.5 Å². The zero-order valence-corrected chi connectivity index (χ0v) is 12.9. The molecule has 1 fully saturated rings. The average Bonchev–Trinajstić information content (AvgIpc) is 2.53. The fourth-order valence-corrected chi connectivity index (χ4v) is 3.50. The van der Waals surface area contributed by atoms with Crippen molar-refractivity contribution in [1.29, 1.82) is 0 Å². The molecule has 1 aliphatic rings. The number of nitrogens with zero attached hydrogens (tertiary/aromatic N) is 2. The van der Waals surface area contributed by atoms with Crippen LogP contribution in [0.25, 0.3) is 10.9 Å². The molecule has 112 valence electrons. The third-order valence-electron chi connectivity index (χ3n) is 4.55. The summed E-state index contributed by atoms with van der Waals surface area (Å²) in [5.74, 6) is 1.13. The minimum atomic E-state index is 0.606. The Morgan fingerprint density at radius 3 is 2.71 bits per heavy atom. The van der Waals surface area contributed by atoms with E-state index in [1.807, 2.05) is 0 Å². The SMILES string of the molecule is Cc1cc2ccccc2nc1N(CCN)C1CCCCC1. The first-order valence-electron chi connectivity index (χ1n) is 8.12. The van der Waals surface area contributed by atoms with Crippen LogP contribution in [0.2, 0.25) is 0 Å². The van der Waals surface area contributed by atoms with Gasteiger partial charge < -0.3 is 10.6 Å². The summed E-state index contributed by atoms with van der Waals surface area (Å²) in [7, 11) is 0. The number of anilines is 1. The summed E-state index contributed by atoms with van der Waals surface area (Å²) in [6.07, 6.45) is 6.58. The number of nitrogens with two attached hydrogens (primary N) is 1. The standard InChI is InChI=1S/C18H25N3/c1-14-13-15-7-5-6-10-17(15)20-18(14)21(12-11-19)16-8-3-2-4-9-16/h5-7,10,13,16H,2-4,8-9,11-12,19H2,1H3. The molecule has 1 aromatic carbocycles. The third-order valence-corrected chi connectivity index (χ3v) is 4.55. The van der Waals surface area contributed by atoms with Gasteiger partial charge in [-0.1, -0.05) is 37.5 Å². The van der Waals surface area contributed by atoms with Crippen LogP contribution in [0.15, 0.2) is 30.3 Å². The summed E-state index contributed by atoms with van der Waals surface area (Å²) in [5, 5.41) is 1.22. The zero-order chi connectivity index (χ0) is 14.7. The monoisotopic (exact) mass is 283 g/mol. The van der Waals surface area contributed by atoms with Gasteiger partial charge in [0.15, 0.2) is 0 Å². The lowest BCUT2D eigenvalue weighted by Crippen LogP contribution is -2.41. The van der Waals surface area contributed by atoms with Crippen LogP contribution in [-0.2, 0) is 0 Å². The Bertz CT molecular complexity index is 602. The van der Waals surface area contributed by atoms with Crippen molar-refractivity contribution in [1.82, 2.24) is 4.98 Å². The Labute approximate surface area is 127 Å². The van der Waals surface area contributed by atoms with Crippen LogP contribution >= 0.6 is 0 Å². The first-order chi connectivity index (χ1) is 10.3. The minimum absolute atomic E-state index is 0.606. The number of fused-ring (bicyclic) bond motifs is 1. The van der Waals surface area contributed by atoms with Crippen LogP contribution in [0.5, 0.6) is 0 Å². The summed E-state index contributed by atoms with van der Waals surface area (Å²) in [4.78, 5) is 7.40. The molecule has 3 heteroatoms. The lowest BCUT2D eigenvalue weighted by Gasteiger charge is -2.36. The highest BCUT2D eigenvalue weighted by Crippen LogP contribution is 2.29. The van der Waals surface area contributed by atoms with Crippen molar-refractivity contribution in [2.24, 2.45) is 5.73 Å². The van der Waals surface area contributed by atoms with Gasteiger partial charge in [-0.2, -0.15) is 0 Å². The summed E-state index contributed by atoms with van der Waals surface area (Å²) >= 11 is 0. The Kier molecular flexibility index (Phi) is 4.39. The van der Waals surface area contributed by atoms with Gasteiger partial charge in [0.05, 0.1) is 5.52 Å². The van der Waals surface area contributed by atoms with Gasteiger partial charge in [0.2, 0.25) is 0 Å². The van der Waals surface area contributed by atoms with E-state index in [0.29, 0.717) is 12.6 Å². The second kappa shape index (κ2) is 6.44. The lowest BCUT2D eigenvalue weighted by atomic mass is 9.94. The van der Waals surface area contributed by atoms with Crippen LogP contribution in [0.4, 0.5) is 5.82 Å². The zero-order valence-electron chi connectivity index (χ0n) is 12.9. The predicted octanol–water partition coefficient (Wildman–Crippen LogP) is 3.64. The highest BCUT2D eigenvalue weighted by atomic mass is 15.2. The Morgan fingerprint density at radius 1 is 1.19 bits per heavy atom. The maximum Gasteiger partial charge on any atom is 0.132 e. The molecule has 0 spiro atoms. The van der Waals surface area contributed by atoms with Crippen LogP contribution in [0.3, 0.4) is 0 Å². The summed E-state index contributed by atoms with van der Waals surface area (Å²) < 4.78 is 0. The maximum atomic E-state index is 5.87. The van der Waals surface area contributed by atoms with Crippen molar-refractivity contribution < 1.29 is 0 Å². The normalized spacial score (nSPS) is 16.3. The summed E-state index contributed by atoms with van der Waals surface area (Å²) in [6.45, 7) is 3.75. The fourth-order valence-electron chi connectivity index (χ4n) is 3.50. The molecule has 3 rings (SSSR count). The van der Waals surface area contributed by atoms with Crippen molar-refractivity contribution in [2.75, 3.05) is 18.0 Å². The predicted molar refractivity (Wildman–Crippen MR) is 89.8 cm³/mol. The molecule has 0 saturated heterocycles. The van der Waals surface area contributed by atoms with E-state index in [2.05, 4.69) is 42.2 Å². The highest BCUT2D eigenvalue weighted by molar-refractivity contribution is 5.81. The molecule has 1 aromatic heterocycles. The Hall–Kier alpha value is -1.61. The lowest BCUT2D eigenvalue weighted by molar-refractivity contribution is 0.414. The summed E-state index contributed by atoms with van der Waals surface area (Å²) in [6, 6.07) is 11.2. The van der Waals surface area contributed by atoms with Crippen LogP contribution in [-0.4, -0.2) is 24.1 Å². The molecule has 21 heavy (non-hydrogen) atoms. The van der Waals surface area contributed by atoms with Gasteiger partial charge in [-0.15, -0.1) is 0 Å². The molecule has 0 amide bonds. The smallest absolute Gasteiger partial charge is 0.132 e. The largest absolute Gasteiger partial charge is 0.352 e. The van der Waals surface area contributed by atoms with Gasteiger partial charge in [-0.05, 0) is 37.5 Å². The number of aromatic nitrogens is 1. The van der Waals surface area contributed by atoms with Gasteiger partial charge in [0.1, 0.15) is 5.82 Å². The first-order valence-corrected chi connectivity index (χ1v) is 8.12. The number of aryl methyl sites for hydroxylation is 1. The molecule has 2 aromatic rings. The fraction of sp³-hybridized carbons (Fsp3) is 0.500. The van der Waals surface area contributed by atoms with Crippen molar-refractivity contribution >= 4 is 16.7 Å². The van der Waals surface area contributed by atoms with Crippen molar-refractivity contribution in [2.45, 2.75) is 45.1 Å². The number of hydrogen-bond acceptors (Lipinski definition) is 3. The molecule has 1 saturated carbocycles. The van der Waals surface area contributed by atoms with E-state index in [9.17, 15) is 0 Å². The van der Waals surface area contributed by atoms with Gasteiger partial charge >= 0.3 is 0 Å². The first kappa shape index (κ1) is 14.3. The van der Waals surface area contributed by atoms with E-state index >= 15 is 0 Å². The number of benzene rings is 1. The van der Waals surface area contributed by atoms with Crippen LogP contribution in [0, 0.1) is 6.92 Å². The molecule has 0 atom stereocenters. The maximum absolute atomic E-state index is 5.87. The number of para-hydroxylation sites is 1. The Morgan fingerprint density at radius 2 is 1.95 bits per heavy atom.